The molecule has 0 aliphatic carbocycles. The molecule has 0 fully saturated rings. The zero-order valence-electron chi connectivity index (χ0n) is 9.37. The first kappa shape index (κ1) is 11.2. The van der Waals surface area contributed by atoms with Crippen molar-refractivity contribution >= 4 is 5.91 Å². The molecule has 0 saturated heterocycles. The summed E-state index contributed by atoms with van der Waals surface area (Å²) in [5.41, 5.74) is 0.545. The molecule has 0 aliphatic heterocycles. The van der Waals surface area contributed by atoms with Crippen molar-refractivity contribution in [2.24, 2.45) is 7.05 Å². The van der Waals surface area contributed by atoms with E-state index in [-0.39, 0.29) is 5.91 Å². The summed E-state index contributed by atoms with van der Waals surface area (Å²) in [6.07, 6.45) is 3.75. The lowest BCUT2D eigenvalue weighted by Crippen LogP contribution is -2.26. The van der Waals surface area contributed by atoms with E-state index in [0.717, 1.165) is 5.82 Å². The summed E-state index contributed by atoms with van der Waals surface area (Å²) in [7, 11) is 1.76. The summed E-state index contributed by atoms with van der Waals surface area (Å²) >= 11 is 0. The van der Waals surface area contributed by atoms with Crippen molar-refractivity contribution in [3.05, 3.63) is 35.9 Å². The minimum atomic E-state index is -0.145. The Morgan fingerprint density at radius 3 is 3.06 bits per heavy atom. The van der Waals surface area contributed by atoms with Crippen LogP contribution in [0.3, 0.4) is 0 Å². The predicted molar refractivity (Wildman–Crippen MR) is 59.1 cm³/mol. The minimum absolute atomic E-state index is 0.145. The van der Waals surface area contributed by atoms with Gasteiger partial charge in [0.15, 0.2) is 5.82 Å². The number of carbonyl (C=O) groups is 1. The van der Waals surface area contributed by atoms with Gasteiger partial charge in [-0.2, -0.15) is 0 Å². The van der Waals surface area contributed by atoms with Crippen LogP contribution in [0.4, 0.5) is 0 Å². The highest BCUT2D eigenvalue weighted by Gasteiger charge is 2.06. The monoisotopic (exact) mass is 232 g/mol. The van der Waals surface area contributed by atoms with Crippen LogP contribution in [0.2, 0.25) is 0 Å². The zero-order chi connectivity index (χ0) is 12.1. The van der Waals surface area contributed by atoms with Crippen LogP contribution >= 0.6 is 0 Å². The highest BCUT2D eigenvalue weighted by atomic mass is 16.1. The molecule has 1 amide bonds. The van der Waals surface area contributed by atoms with Crippen molar-refractivity contribution in [2.75, 3.05) is 6.54 Å². The second kappa shape index (κ2) is 5.15. The van der Waals surface area contributed by atoms with Gasteiger partial charge in [0.1, 0.15) is 0 Å². The third kappa shape index (κ3) is 2.83. The van der Waals surface area contributed by atoms with Crippen molar-refractivity contribution in [1.82, 2.24) is 30.5 Å². The van der Waals surface area contributed by atoms with Gasteiger partial charge in [-0.25, -0.2) is 4.68 Å². The van der Waals surface area contributed by atoms with E-state index in [9.17, 15) is 4.79 Å². The summed E-state index contributed by atoms with van der Waals surface area (Å²) in [6.45, 7) is 0.488. The van der Waals surface area contributed by atoms with Gasteiger partial charge in [-0.15, -0.1) is 5.10 Å². The van der Waals surface area contributed by atoms with E-state index in [0.29, 0.717) is 18.5 Å². The molecule has 0 atom stereocenters. The van der Waals surface area contributed by atoms with Gasteiger partial charge in [0.05, 0.1) is 5.56 Å². The molecule has 0 saturated carbocycles. The molecular formula is C10H12N6O. The van der Waals surface area contributed by atoms with Gasteiger partial charge in [0.2, 0.25) is 0 Å². The molecule has 2 aromatic rings. The normalized spacial score (nSPS) is 10.2. The molecule has 0 aliphatic rings. The van der Waals surface area contributed by atoms with Crippen LogP contribution in [-0.4, -0.2) is 37.6 Å². The van der Waals surface area contributed by atoms with Crippen LogP contribution in [0.15, 0.2) is 24.5 Å². The van der Waals surface area contributed by atoms with Gasteiger partial charge in [0, 0.05) is 32.4 Å². The lowest BCUT2D eigenvalue weighted by molar-refractivity contribution is 0.0953. The topological polar surface area (TPSA) is 85.6 Å². The fourth-order valence-corrected chi connectivity index (χ4v) is 1.35. The van der Waals surface area contributed by atoms with Gasteiger partial charge in [-0.05, 0) is 22.6 Å². The van der Waals surface area contributed by atoms with E-state index >= 15 is 0 Å². The van der Waals surface area contributed by atoms with Crippen molar-refractivity contribution in [2.45, 2.75) is 6.42 Å². The van der Waals surface area contributed by atoms with Crippen molar-refractivity contribution in [1.29, 1.82) is 0 Å². The second-order valence-corrected chi connectivity index (χ2v) is 3.47. The summed E-state index contributed by atoms with van der Waals surface area (Å²) in [6, 6.07) is 3.44. The van der Waals surface area contributed by atoms with Crippen LogP contribution in [-0.2, 0) is 13.5 Å². The van der Waals surface area contributed by atoms with E-state index in [2.05, 4.69) is 25.8 Å². The molecule has 88 valence electrons. The van der Waals surface area contributed by atoms with Gasteiger partial charge in [0.25, 0.3) is 5.91 Å². The number of nitrogens with zero attached hydrogens (tertiary/aromatic N) is 5. The Kier molecular flexibility index (Phi) is 3.39. The summed E-state index contributed by atoms with van der Waals surface area (Å²) in [4.78, 5) is 15.5. The molecule has 0 radical (unpaired) electrons. The Labute approximate surface area is 97.9 Å². The quantitative estimate of drug-likeness (QED) is 0.773. The number of aromatic nitrogens is 5. The first-order valence-electron chi connectivity index (χ1n) is 5.17. The van der Waals surface area contributed by atoms with Crippen molar-refractivity contribution in [3.8, 4) is 0 Å². The van der Waals surface area contributed by atoms with Gasteiger partial charge in [-0.1, -0.05) is 0 Å². The van der Waals surface area contributed by atoms with Crippen LogP contribution in [0.5, 0.6) is 0 Å². The van der Waals surface area contributed by atoms with Crippen LogP contribution in [0.1, 0.15) is 16.2 Å². The molecule has 2 heterocycles. The Bertz CT molecular complexity index is 495. The van der Waals surface area contributed by atoms with E-state index in [1.165, 1.54) is 6.20 Å². The number of pyridine rings is 1. The third-order valence-corrected chi connectivity index (χ3v) is 2.27. The first-order chi connectivity index (χ1) is 8.27. The lowest BCUT2D eigenvalue weighted by atomic mass is 10.2. The van der Waals surface area contributed by atoms with E-state index in [4.69, 9.17) is 0 Å². The molecular weight excluding hydrogens is 220 g/mol. The van der Waals surface area contributed by atoms with Gasteiger partial charge < -0.3 is 5.32 Å². The molecule has 17 heavy (non-hydrogen) atoms. The van der Waals surface area contributed by atoms with E-state index in [1.807, 2.05) is 0 Å². The summed E-state index contributed by atoms with van der Waals surface area (Å²) in [5, 5.41) is 13.8. The van der Waals surface area contributed by atoms with E-state index in [1.54, 1.807) is 30.1 Å². The Morgan fingerprint density at radius 2 is 2.41 bits per heavy atom. The van der Waals surface area contributed by atoms with Crippen LogP contribution in [0.25, 0.3) is 0 Å². The average molecular weight is 232 g/mol. The number of rotatable bonds is 4. The number of nitrogens with one attached hydrogen (secondary N) is 1. The number of hydrogen-bond acceptors (Lipinski definition) is 5. The number of tetrazole rings is 1. The average Bonchev–Trinajstić information content (AvgIpc) is 2.76. The SMILES string of the molecule is Cn1nnnc1CCNC(=O)c1cccnc1. The number of hydrogen-bond donors (Lipinski definition) is 1. The lowest BCUT2D eigenvalue weighted by Gasteiger charge is -2.03. The molecule has 7 nitrogen and oxygen atoms in total. The number of carbonyl (C=O) groups excluding carboxylic acids is 1. The second-order valence-electron chi connectivity index (χ2n) is 3.47. The largest absolute Gasteiger partial charge is 0.352 e. The highest BCUT2D eigenvalue weighted by molar-refractivity contribution is 5.93. The fraction of sp³-hybridized carbons (Fsp3) is 0.300. The molecule has 2 aromatic heterocycles. The molecule has 2 rings (SSSR count). The van der Waals surface area contributed by atoms with Crippen LogP contribution < -0.4 is 5.32 Å². The smallest absolute Gasteiger partial charge is 0.252 e. The molecule has 0 spiro atoms. The Balaban J connectivity index is 1.84. The number of amides is 1. The minimum Gasteiger partial charge on any atom is -0.352 e. The Hall–Kier alpha value is -2.31. The van der Waals surface area contributed by atoms with Gasteiger partial charge >= 0.3 is 0 Å². The zero-order valence-corrected chi connectivity index (χ0v) is 9.37. The fourth-order valence-electron chi connectivity index (χ4n) is 1.35. The Morgan fingerprint density at radius 1 is 1.53 bits per heavy atom. The molecule has 7 heteroatoms. The van der Waals surface area contributed by atoms with Gasteiger partial charge in [-0.3, -0.25) is 9.78 Å². The maximum Gasteiger partial charge on any atom is 0.252 e. The maximum atomic E-state index is 11.6. The molecule has 0 aromatic carbocycles. The molecule has 0 bridgehead atoms. The number of aryl methyl sites for hydroxylation is 1. The standard InChI is InChI=1S/C10H12N6O/c1-16-9(13-14-15-16)4-6-12-10(17)8-3-2-5-11-7-8/h2-3,5,7H,4,6H2,1H3,(H,12,17). The summed E-state index contributed by atoms with van der Waals surface area (Å²) in [5.74, 6) is 0.588. The first-order valence-corrected chi connectivity index (χ1v) is 5.17. The highest BCUT2D eigenvalue weighted by Crippen LogP contribution is 1.95. The molecule has 0 unspecified atom stereocenters. The maximum absolute atomic E-state index is 11.6. The van der Waals surface area contributed by atoms with Crippen molar-refractivity contribution in [3.63, 3.8) is 0 Å². The third-order valence-electron chi connectivity index (χ3n) is 2.27. The predicted octanol–water partition coefficient (Wildman–Crippen LogP) is -0.422. The summed E-state index contributed by atoms with van der Waals surface area (Å²) < 4.78 is 1.58. The van der Waals surface area contributed by atoms with Crippen LogP contribution in [0, 0.1) is 0 Å². The van der Waals surface area contributed by atoms with Crippen molar-refractivity contribution < 1.29 is 4.79 Å². The van der Waals surface area contributed by atoms with E-state index < -0.39 is 0 Å². The molecule has 1 N–H and O–H groups in total.